The Hall–Kier alpha value is -1.48. The third-order valence-corrected chi connectivity index (χ3v) is 4.19. The predicted octanol–water partition coefficient (Wildman–Crippen LogP) is 2.13. The van der Waals surface area contributed by atoms with E-state index in [2.05, 4.69) is 22.0 Å². The zero-order valence-corrected chi connectivity index (χ0v) is 9.99. The van der Waals surface area contributed by atoms with Gasteiger partial charge < -0.3 is 14.6 Å². The van der Waals surface area contributed by atoms with E-state index in [1.807, 2.05) is 6.07 Å². The van der Waals surface area contributed by atoms with Crippen molar-refractivity contribution in [2.75, 3.05) is 26.7 Å². The van der Waals surface area contributed by atoms with Crippen LogP contribution >= 0.6 is 0 Å². The molecular formula is C14H16N2O. The van der Waals surface area contributed by atoms with Crippen molar-refractivity contribution >= 4 is 10.9 Å². The summed E-state index contributed by atoms with van der Waals surface area (Å²) >= 11 is 0. The molecule has 3 nitrogen and oxygen atoms in total. The number of nitrogens with one attached hydrogen (secondary N) is 1. The summed E-state index contributed by atoms with van der Waals surface area (Å²) in [6.45, 7) is 3.67. The number of H-pyrrole nitrogens is 1. The van der Waals surface area contributed by atoms with Crippen molar-refractivity contribution in [3.8, 4) is 5.75 Å². The Morgan fingerprint density at radius 3 is 3.06 bits per heavy atom. The van der Waals surface area contributed by atoms with Crippen LogP contribution in [0.15, 0.2) is 18.2 Å². The maximum atomic E-state index is 5.33. The number of methoxy groups -OCH3 is 1. The van der Waals surface area contributed by atoms with E-state index < -0.39 is 0 Å². The van der Waals surface area contributed by atoms with Crippen LogP contribution in [0.1, 0.15) is 17.2 Å². The van der Waals surface area contributed by atoms with Crippen LogP contribution in [0.4, 0.5) is 0 Å². The maximum absolute atomic E-state index is 5.33. The minimum atomic E-state index is 0.728. The molecule has 3 aliphatic heterocycles. The van der Waals surface area contributed by atoms with Crippen LogP contribution in [0, 0.1) is 0 Å². The van der Waals surface area contributed by atoms with Crippen molar-refractivity contribution in [2.24, 2.45) is 0 Å². The number of hydrogen-bond acceptors (Lipinski definition) is 2. The van der Waals surface area contributed by atoms with E-state index in [9.17, 15) is 0 Å². The topological polar surface area (TPSA) is 28.3 Å². The van der Waals surface area contributed by atoms with Gasteiger partial charge in [0.2, 0.25) is 0 Å². The molecule has 0 amide bonds. The predicted molar refractivity (Wildman–Crippen MR) is 67.7 cm³/mol. The highest BCUT2D eigenvalue weighted by Crippen LogP contribution is 2.37. The summed E-state index contributed by atoms with van der Waals surface area (Å²) in [5.74, 6) is 1.68. The number of hydrogen-bond donors (Lipinski definition) is 1. The molecule has 2 bridgehead atoms. The van der Waals surface area contributed by atoms with Gasteiger partial charge in [-0.05, 0) is 30.2 Å². The summed E-state index contributed by atoms with van der Waals surface area (Å²) in [5.41, 5.74) is 4.25. The summed E-state index contributed by atoms with van der Waals surface area (Å²) < 4.78 is 5.33. The number of benzene rings is 1. The lowest BCUT2D eigenvalue weighted by Crippen LogP contribution is -2.43. The number of aromatic amines is 1. The molecule has 1 aromatic heterocycles. The number of nitrogens with zero attached hydrogens (tertiary/aromatic N) is 1. The summed E-state index contributed by atoms with van der Waals surface area (Å²) in [4.78, 5) is 6.15. The molecule has 0 atom stereocenters. The zero-order chi connectivity index (χ0) is 11.4. The lowest BCUT2D eigenvalue weighted by Gasteiger charge is -2.36. The average molecular weight is 228 g/mol. The van der Waals surface area contributed by atoms with Crippen LogP contribution in [-0.4, -0.2) is 36.6 Å². The Morgan fingerprint density at radius 2 is 2.24 bits per heavy atom. The molecule has 3 heteroatoms. The quantitative estimate of drug-likeness (QED) is 0.810. The number of fused-ring (bicyclic) bond motifs is 2. The van der Waals surface area contributed by atoms with Crippen molar-refractivity contribution < 1.29 is 4.74 Å². The average Bonchev–Trinajstić information content (AvgIpc) is 2.46. The van der Waals surface area contributed by atoms with Gasteiger partial charge in [0.25, 0.3) is 0 Å². The van der Waals surface area contributed by atoms with Gasteiger partial charge in [0.1, 0.15) is 5.75 Å². The molecule has 1 aromatic carbocycles. The van der Waals surface area contributed by atoms with Crippen LogP contribution in [0.2, 0.25) is 0 Å². The highest BCUT2D eigenvalue weighted by atomic mass is 16.5. The van der Waals surface area contributed by atoms with E-state index in [-0.39, 0.29) is 0 Å². The van der Waals surface area contributed by atoms with Crippen molar-refractivity contribution in [1.29, 1.82) is 0 Å². The van der Waals surface area contributed by atoms with Crippen LogP contribution < -0.4 is 4.74 Å². The Labute approximate surface area is 100 Å². The second kappa shape index (κ2) is 3.26. The lowest BCUT2D eigenvalue weighted by atomic mass is 9.96. The third kappa shape index (κ3) is 1.26. The number of ether oxygens (including phenoxy) is 1. The first-order chi connectivity index (χ1) is 8.35. The first-order valence-electron chi connectivity index (χ1n) is 6.26. The SMILES string of the molecule is COc1ccc2[nH]c3c(c2c1)CCN1CC3C1. The molecule has 88 valence electrons. The van der Waals surface area contributed by atoms with Crippen LogP contribution in [0.3, 0.4) is 0 Å². The molecule has 1 fully saturated rings. The second-order valence-corrected chi connectivity index (χ2v) is 5.14. The molecule has 0 saturated carbocycles. The van der Waals surface area contributed by atoms with Gasteiger partial charge in [-0.3, -0.25) is 0 Å². The van der Waals surface area contributed by atoms with Gasteiger partial charge in [-0.2, -0.15) is 0 Å². The molecule has 1 saturated heterocycles. The fraction of sp³-hybridized carbons (Fsp3) is 0.429. The van der Waals surface area contributed by atoms with E-state index in [0.29, 0.717) is 0 Å². The highest BCUT2D eigenvalue weighted by molar-refractivity contribution is 5.86. The van der Waals surface area contributed by atoms with Crippen LogP contribution in [0.25, 0.3) is 10.9 Å². The van der Waals surface area contributed by atoms with E-state index in [1.54, 1.807) is 7.11 Å². The Morgan fingerprint density at radius 1 is 1.35 bits per heavy atom. The van der Waals surface area contributed by atoms with Crippen LogP contribution in [-0.2, 0) is 6.42 Å². The van der Waals surface area contributed by atoms with Gasteiger partial charge in [0.15, 0.2) is 0 Å². The van der Waals surface area contributed by atoms with Crippen molar-refractivity contribution in [3.63, 3.8) is 0 Å². The number of aromatic nitrogens is 1. The van der Waals surface area contributed by atoms with Gasteiger partial charge in [-0.15, -0.1) is 0 Å². The van der Waals surface area contributed by atoms with Gasteiger partial charge in [-0.1, -0.05) is 0 Å². The molecular weight excluding hydrogens is 212 g/mol. The molecule has 0 radical (unpaired) electrons. The highest BCUT2D eigenvalue weighted by Gasteiger charge is 2.34. The van der Waals surface area contributed by atoms with E-state index >= 15 is 0 Å². The zero-order valence-electron chi connectivity index (χ0n) is 9.99. The van der Waals surface area contributed by atoms with Crippen LogP contribution in [0.5, 0.6) is 5.75 Å². The Bertz CT molecular complexity index is 581. The molecule has 0 aliphatic carbocycles. The normalized spacial score (nSPS) is 26.2. The smallest absolute Gasteiger partial charge is 0.119 e. The van der Waals surface area contributed by atoms with E-state index in [0.717, 1.165) is 11.7 Å². The Balaban J connectivity index is 1.94. The molecule has 2 aromatic rings. The van der Waals surface area contributed by atoms with Gasteiger partial charge in [0.05, 0.1) is 7.11 Å². The fourth-order valence-corrected chi connectivity index (χ4v) is 3.20. The molecule has 5 rings (SSSR count). The minimum Gasteiger partial charge on any atom is -0.497 e. The van der Waals surface area contributed by atoms with Gasteiger partial charge >= 0.3 is 0 Å². The summed E-state index contributed by atoms with van der Waals surface area (Å²) in [6, 6.07) is 6.34. The molecule has 4 heterocycles. The molecule has 3 aliphatic rings. The first-order valence-corrected chi connectivity index (χ1v) is 6.26. The molecule has 17 heavy (non-hydrogen) atoms. The summed E-state index contributed by atoms with van der Waals surface area (Å²) in [7, 11) is 1.73. The standard InChI is InChI=1S/C14H16N2O/c1-17-10-2-3-13-12(6-10)11-4-5-16-7-9(8-16)14(11)15-13/h2-3,6,9,15H,4-5,7-8H2,1H3. The van der Waals surface area contributed by atoms with Crippen molar-refractivity contribution in [2.45, 2.75) is 12.3 Å². The second-order valence-electron chi connectivity index (χ2n) is 5.14. The number of rotatable bonds is 1. The lowest BCUT2D eigenvalue weighted by molar-refractivity contribution is 0.158. The minimum absolute atomic E-state index is 0.728. The van der Waals surface area contributed by atoms with Gasteiger partial charge in [-0.25, -0.2) is 0 Å². The largest absolute Gasteiger partial charge is 0.497 e. The monoisotopic (exact) mass is 228 g/mol. The van der Waals surface area contributed by atoms with E-state index in [4.69, 9.17) is 4.74 Å². The maximum Gasteiger partial charge on any atom is 0.119 e. The molecule has 1 N–H and O–H groups in total. The van der Waals surface area contributed by atoms with Gasteiger partial charge in [0, 0.05) is 42.1 Å². The molecule has 0 unspecified atom stereocenters. The Kier molecular flexibility index (Phi) is 1.83. The third-order valence-electron chi connectivity index (χ3n) is 4.19. The fourth-order valence-electron chi connectivity index (χ4n) is 3.20. The van der Waals surface area contributed by atoms with Crippen molar-refractivity contribution in [3.05, 3.63) is 29.5 Å². The summed E-state index contributed by atoms with van der Waals surface area (Å²) in [6.07, 6.45) is 1.17. The van der Waals surface area contributed by atoms with E-state index in [1.165, 1.54) is 48.2 Å². The first kappa shape index (κ1) is 9.54. The van der Waals surface area contributed by atoms with Crippen molar-refractivity contribution in [1.82, 2.24) is 9.88 Å². The molecule has 0 spiro atoms. The summed E-state index contributed by atoms with van der Waals surface area (Å²) in [5, 5.41) is 1.35.